The van der Waals surface area contributed by atoms with Crippen LogP contribution in [0, 0.1) is 0 Å². The molecule has 0 spiro atoms. The van der Waals surface area contributed by atoms with Crippen molar-refractivity contribution in [3.05, 3.63) is 146 Å². The van der Waals surface area contributed by atoms with Crippen LogP contribution >= 0.6 is 6.04 Å². The Morgan fingerprint density at radius 2 is 1.13 bits per heavy atom. The Balaban J connectivity index is 1.44. The standard InChI is InChI=1S/C35H24NPS/c38-37(28-13-2-1-3-14-28,34-18-8-12-25-10-4-6-15-30(25)34)29-21-19-26(20-22-29)33-24-27-11-5-7-16-31(27)35-32(33)17-9-23-36-35/h1-24H. The summed E-state index contributed by atoms with van der Waals surface area (Å²) >= 11 is 6.73. The third kappa shape index (κ3) is 3.69. The van der Waals surface area contributed by atoms with E-state index in [2.05, 4.69) is 133 Å². The Hall–Kier alpha value is -4.10. The third-order valence-corrected chi connectivity index (χ3v) is 12.4. The molecule has 1 atom stereocenters. The number of hydrogen-bond acceptors (Lipinski definition) is 2. The van der Waals surface area contributed by atoms with Crippen molar-refractivity contribution in [1.29, 1.82) is 0 Å². The number of nitrogens with zero attached hydrogens (tertiary/aromatic N) is 1. The van der Waals surface area contributed by atoms with Crippen LogP contribution in [-0.2, 0) is 11.8 Å². The molecule has 38 heavy (non-hydrogen) atoms. The Kier molecular flexibility index (Phi) is 5.66. The SMILES string of the molecule is S=P(c1ccccc1)(c1ccc(-c2cc3ccccc3c3ncccc23)cc1)c1cccc2ccccc12. The maximum atomic E-state index is 6.73. The highest BCUT2D eigenvalue weighted by atomic mass is 32.4. The molecule has 0 saturated carbocycles. The zero-order valence-electron chi connectivity index (χ0n) is 20.7. The predicted molar refractivity (Wildman–Crippen MR) is 168 cm³/mol. The van der Waals surface area contributed by atoms with Crippen LogP contribution in [0.25, 0.3) is 43.6 Å². The summed E-state index contributed by atoms with van der Waals surface area (Å²) in [5.41, 5.74) is 3.40. The molecule has 1 aromatic heterocycles. The Morgan fingerprint density at radius 1 is 0.500 bits per heavy atom. The molecule has 7 rings (SSSR count). The van der Waals surface area contributed by atoms with Crippen molar-refractivity contribution < 1.29 is 0 Å². The van der Waals surface area contributed by atoms with Crippen molar-refractivity contribution >= 4 is 66.2 Å². The maximum Gasteiger partial charge on any atom is 0.0786 e. The van der Waals surface area contributed by atoms with Gasteiger partial charge in [0.1, 0.15) is 0 Å². The molecule has 0 amide bonds. The van der Waals surface area contributed by atoms with E-state index in [0.717, 1.165) is 10.9 Å². The lowest BCUT2D eigenvalue weighted by Crippen LogP contribution is -2.25. The summed E-state index contributed by atoms with van der Waals surface area (Å²) < 4.78 is 0. The molecule has 3 heteroatoms. The average molecular weight is 522 g/mol. The summed E-state index contributed by atoms with van der Waals surface area (Å²) in [6.45, 7) is 0. The Bertz CT molecular complexity index is 1990. The average Bonchev–Trinajstić information content (AvgIpc) is 3.00. The zero-order valence-corrected chi connectivity index (χ0v) is 22.4. The number of aromatic nitrogens is 1. The van der Waals surface area contributed by atoms with E-state index >= 15 is 0 Å². The molecule has 0 aliphatic rings. The van der Waals surface area contributed by atoms with Crippen molar-refractivity contribution in [2.24, 2.45) is 0 Å². The lowest BCUT2D eigenvalue weighted by molar-refractivity contribution is 1.43. The molecule has 0 fully saturated rings. The summed E-state index contributed by atoms with van der Waals surface area (Å²) in [4.78, 5) is 4.75. The molecule has 7 aromatic rings. The van der Waals surface area contributed by atoms with Gasteiger partial charge in [-0.05, 0) is 50.0 Å². The molecule has 0 aliphatic carbocycles. The molecule has 1 heterocycles. The highest BCUT2D eigenvalue weighted by molar-refractivity contribution is 8.25. The van der Waals surface area contributed by atoms with E-state index in [9.17, 15) is 0 Å². The normalized spacial score (nSPS) is 13.1. The van der Waals surface area contributed by atoms with Gasteiger partial charge < -0.3 is 0 Å². The van der Waals surface area contributed by atoms with E-state index in [1.54, 1.807) is 0 Å². The summed E-state index contributed by atoms with van der Waals surface area (Å²) in [7, 11) is 0. The minimum atomic E-state index is -2.30. The Labute approximate surface area is 227 Å². The molecule has 0 radical (unpaired) electrons. The van der Waals surface area contributed by atoms with Crippen molar-refractivity contribution in [2.45, 2.75) is 0 Å². The van der Waals surface area contributed by atoms with Gasteiger partial charge in [-0.1, -0.05) is 139 Å². The highest BCUT2D eigenvalue weighted by Gasteiger charge is 2.26. The minimum absolute atomic E-state index is 1.04. The minimum Gasteiger partial charge on any atom is -0.256 e. The number of fused-ring (bicyclic) bond motifs is 4. The Morgan fingerprint density at radius 3 is 1.95 bits per heavy atom. The smallest absolute Gasteiger partial charge is 0.0786 e. The van der Waals surface area contributed by atoms with Crippen LogP contribution in [0.4, 0.5) is 0 Å². The maximum absolute atomic E-state index is 6.73. The first-order valence-corrected chi connectivity index (χ1v) is 15.6. The fourth-order valence-corrected chi connectivity index (χ4v) is 9.61. The van der Waals surface area contributed by atoms with E-state index in [0.29, 0.717) is 0 Å². The second kappa shape index (κ2) is 9.33. The van der Waals surface area contributed by atoms with Crippen LogP contribution in [0.2, 0.25) is 0 Å². The molecule has 0 aliphatic heterocycles. The molecule has 0 saturated heterocycles. The lowest BCUT2D eigenvalue weighted by Gasteiger charge is -2.26. The first kappa shape index (κ1) is 23.0. The summed E-state index contributed by atoms with van der Waals surface area (Å²) in [5.74, 6) is 0. The van der Waals surface area contributed by atoms with Crippen molar-refractivity contribution in [2.75, 3.05) is 0 Å². The topological polar surface area (TPSA) is 12.9 Å². The molecular formula is C35H24NPS. The number of pyridine rings is 1. The van der Waals surface area contributed by atoms with Gasteiger partial charge in [-0.3, -0.25) is 4.98 Å². The van der Waals surface area contributed by atoms with Gasteiger partial charge >= 0.3 is 0 Å². The lowest BCUT2D eigenvalue weighted by atomic mass is 9.96. The molecule has 1 nitrogen and oxygen atoms in total. The van der Waals surface area contributed by atoms with Crippen molar-refractivity contribution in [1.82, 2.24) is 4.98 Å². The summed E-state index contributed by atoms with van der Waals surface area (Å²) in [5, 5.41) is 9.64. The van der Waals surface area contributed by atoms with Gasteiger partial charge in [0.2, 0.25) is 0 Å². The largest absolute Gasteiger partial charge is 0.256 e. The van der Waals surface area contributed by atoms with E-state index in [1.807, 2.05) is 12.3 Å². The predicted octanol–water partition coefficient (Wildman–Crippen LogP) is 7.96. The molecular weight excluding hydrogens is 497 g/mol. The monoisotopic (exact) mass is 521 g/mol. The van der Waals surface area contributed by atoms with Crippen LogP contribution in [0.5, 0.6) is 0 Å². The second-order valence-electron chi connectivity index (χ2n) is 9.53. The quantitative estimate of drug-likeness (QED) is 0.172. The summed E-state index contributed by atoms with van der Waals surface area (Å²) in [6.07, 6.45) is 1.88. The van der Waals surface area contributed by atoms with Gasteiger partial charge in [0.25, 0.3) is 0 Å². The van der Waals surface area contributed by atoms with Crippen molar-refractivity contribution in [3.63, 3.8) is 0 Å². The van der Waals surface area contributed by atoms with Gasteiger partial charge in [-0.2, -0.15) is 0 Å². The van der Waals surface area contributed by atoms with Crippen molar-refractivity contribution in [3.8, 4) is 11.1 Å². The summed E-state index contributed by atoms with van der Waals surface area (Å²) in [6, 6.07) is 47.4. The van der Waals surface area contributed by atoms with Gasteiger partial charge in [-0.15, -0.1) is 0 Å². The molecule has 0 bridgehead atoms. The van der Waals surface area contributed by atoms with Crippen LogP contribution in [0.3, 0.4) is 0 Å². The van der Waals surface area contributed by atoms with Crippen LogP contribution in [-0.4, -0.2) is 4.98 Å². The second-order valence-corrected chi connectivity index (χ2v) is 13.9. The van der Waals surface area contributed by atoms with E-state index in [4.69, 9.17) is 16.8 Å². The van der Waals surface area contributed by atoms with Gasteiger partial charge in [0.05, 0.1) is 5.52 Å². The molecule has 0 N–H and O–H groups in total. The van der Waals surface area contributed by atoms with Crippen LogP contribution < -0.4 is 15.9 Å². The fourth-order valence-electron chi connectivity index (χ4n) is 5.55. The van der Waals surface area contributed by atoms with E-state index < -0.39 is 6.04 Å². The molecule has 1 unspecified atom stereocenters. The number of benzene rings is 6. The van der Waals surface area contributed by atoms with E-state index in [1.165, 1.54) is 48.6 Å². The van der Waals surface area contributed by atoms with E-state index in [-0.39, 0.29) is 0 Å². The van der Waals surface area contributed by atoms with Gasteiger partial charge in [-0.25, -0.2) is 0 Å². The zero-order chi connectivity index (χ0) is 25.5. The van der Waals surface area contributed by atoms with Crippen LogP contribution in [0.15, 0.2) is 146 Å². The number of hydrogen-bond donors (Lipinski definition) is 0. The van der Waals surface area contributed by atoms with Gasteiger partial charge in [0.15, 0.2) is 0 Å². The first-order chi connectivity index (χ1) is 18.7. The molecule has 6 aromatic carbocycles. The highest BCUT2D eigenvalue weighted by Crippen LogP contribution is 2.45. The fraction of sp³-hybridized carbons (Fsp3) is 0. The first-order valence-electron chi connectivity index (χ1n) is 12.7. The number of rotatable bonds is 4. The molecule has 180 valence electrons. The van der Waals surface area contributed by atoms with Gasteiger partial charge in [0, 0.05) is 28.3 Å². The van der Waals surface area contributed by atoms with Crippen LogP contribution in [0.1, 0.15) is 0 Å². The third-order valence-electron chi connectivity index (χ3n) is 7.38.